The van der Waals surface area contributed by atoms with Crippen molar-refractivity contribution >= 4 is 23.3 Å². The predicted octanol–water partition coefficient (Wildman–Crippen LogP) is 3.77. The first-order chi connectivity index (χ1) is 10.0. The Bertz CT molecular complexity index is 658. The number of pyridine rings is 1. The van der Waals surface area contributed by atoms with Gasteiger partial charge in [-0.2, -0.15) is 0 Å². The molecule has 0 amide bonds. The Morgan fingerprint density at radius 3 is 2.71 bits per heavy atom. The van der Waals surface area contributed by atoms with E-state index in [0.717, 1.165) is 11.4 Å². The van der Waals surface area contributed by atoms with Crippen LogP contribution in [0.4, 0.5) is 5.69 Å². The number of anilines is 1. The summed E-state index contributed by atoms with van der Waals surface area (Å²) in [5.41, 5.74) is 2.69. The van der Waals surface area contributed by atoms with E-state index in [1.54, 1.807) is 12.1 Å². The SMILES string of the molecule is CCN(Cc1cccc(C)n1)c1cc(Cl)ccc1C(=O)O. The van der Waals surface area contributed by atoms with Crippen LogP contribution in [-0.2, 0) is 6.54 Å². The lowest BCUT2D eigenvalue weighted by Gasteiger charge is -2.24. The Morgan fingerprint density at radius 2 is 2.10 bits per heavy atom. The molecule has 0 spiro atoms. The molecule has 21 heavy (non-hydrogen) atoms. The minimum absolute atomic E-state index is 0.244. The third kappa shape index (κ3) is 3.73. The molecule has 1 aromatic carbocycles. The van der Waals surface area contributed by atoms with E-state index < -0.39 is 5.97 Å². The van der Waals surface area contributed by atoms with Crippen molar-refractivity contribution in [3.63, 3.8) is 0 Å². The average Bonchev–Trinajstić information content (AvgIpc) is 2.44. The third-order valence-electron chi connectivity index (χ3n) is 3.21. The van der Waals surface area contributed by atoms with Crippen LogP contribution in [0.3, 0.4) is 0 Å². The van der Waals surface area contributed by atoms with Gasteiger partial charge in [0.2, 0.25) is 0 Å². The Hall–Kier alpha value is -2.07. The van der Waals surface area contributed by atoms with Crippen molar-refractivity contribution in [1.82, 2.24) is 4.98 Å². The van der Waals surface area contributed by atoms with Gasteiger partial charge < -0.3 is 10.0 Å². The molecule has 0 bridgehead atoms. The molecule has 1 N–H and O–H groups in total. The maximum absolute atomic E-state index is 11.4. The van der Waals surface area contributed by atoms with Crippen LogP contribution in [0.25, 0.3) is 0 Å². The minimum Gasteiger partial charge on any atom is -0.478 e. The molecule has 0 radical (unpaired) electrons. The van der Waals surface area contributed by atoms with Crippen LogP contribution in [0, 0.1) is 6.92 Å². The topological polar surface area (TPSA) is 53.4 Å². The molecular formula is C16H17ClN2O2. The van der Waals surface area contributed by atoms with Gasteiger partial charge in [0, 0.05) is 17.3 Å². The molecule has 2 rings (SSSR count). The fraction of sp³-hybridized carbons (Fsp3) is 0.250. The molecule has 0 fully saturated rings. The second-order valence-electron chi connectivity index (χ2n) is 4.75. The molecule has 0 aliphatic heterocycles. The molecule has 0 unspecified atom stereocenters. The lowest BCUT2D eigenvalue weighted by molar-refractivity contribution is 0.0697. The van der Waals surface area contributed by atoms with Crippen molar-refractivity contribution in [2.75, 3.05) is 11.4 Å². The second-order valence-corrected chi connectivity index (χ2v) is 5.19. The molecule has 0 atom stereocenters. The van der Waals surface area contributed by atoms with Gasteiger partial charge in [0.15, 0.2) is 0 Å². The smallest absolute Gasteiger partial charge is 0.337 e. The van der Waals surface area contributed by atoms with Gasteiger partial charge in [-0.1, -0.05) is 17.7 Å². The quantitative estimate of drug-likeness (QED) is 0.913. The van der Waals surface area contributed by atoms with Crippen LogP contribution in [0.15, 0.2) is 36.4 Å². The highest BCUT2D eigenvalue weighted by Gasteiger charge is 2.16. The number of hydrogen-bond donors (Lipinski definition) is 1. The van der Waals surface area contributed by atoms with Gasteiger partial charge in [0.25, 0.3) is 0 Å². The number of rotatable bonds is 5. The number of aromatic carboxylic acids is 1. The summed E-state index contributed by atoms with van der Waals surface area (Å²) in [5, 5.41) is 9.84. The van der Waals surface area contributed by atoms with Crippen molar-refractivity contribution in [2.24, 2.45) is 0 Å². The van der Waals surface area contributed by atoms with E-state index in [1.165, 1.54) is 6.07 Å². The highest BCUT2D eigenvalue weighted by molar-refractivity contribution is 6.31. The van der Waals surface area contributed by atoms with E-state index >= 15 is 0 Å². The molecule has 0 aliphatic rings. The van der Waals surface area contributed by atoms with Crippen molar-refractivity contribution in [1.29, 1.82) is 0 Å². The van der Waals surface area contributed by atoms with E-state index in [9.17, 15) is 9.90 Å². The lowest BCUT2D eigenvalue weighted by Crippen LogP contribution is -2.24. The fourth-order valence-corrected chi connectivity index (χ4v) is 2.36. The van der Waals surface area contributed by atoms with Gasteiger partial charge in [-0.05, 0) is 44.2 Å². The highest BCUT2D eigenvalue weighted by Crippen LogP contribution is 2.26. The first kappa shape index (κ1) is 15.3. The van der Waals surface area contributed by atoms with Crippen LogP contribution in [-0.4, -0.2) is 22.6 Å². The molecule has 5 heteroatoms. The van der Waals surface area contributed by atoms with E-state index in [1.807, 2.05) is 36.9 Å². The summed E-state index contributed by atoms with van der Waals surface area (Å²) in [5.74, 6) is -0.961. The first-order valence-electron chi connectivity index (χ1n) is 6.71. The van der Waals surface area contributed by atoms with Crippen LogP contribution in [0.5, 0.6) is 0 Å². The molecule has 0 saturated carbocycles. The van der Waals surface area contributed by atoms with Crippen molar-refractivity contribution in [3.8, 4) is 0 Å². The second kappa shape index (κ2) is 6.59. The Kier molecular flexibility index (Phi) is 4.81. The molecular weight excluding hydrogens is 288 g/mol. The summed E-state index contributed by atoms with van der Waals surface area (Å²) in [4.78, 5) is 17.8. The van der Waals surface area contributed by atoms with Gasteiger partial charge in [0.05, 0.1) is 23.5 Å². The molecule has 4 nitrogen and oxygen atoms in total. The van der Waals surface area contributed by atoms with E-state index in [2.05, 4.69) is 4.98 Å². The number of carboxylic acid groups (broad SMARTS) is 1. The zero-order chi connectivity index (χ0) is 15.4. The van der Waals surface area contributed by atoms with Crippen LogP contribution >= 0.6 is 11.6 Å². The Balaban J connectivity index is 2.37. The maximum atomic E-state index is 11.4. The number of carboxylic acids is 1. The molecule has 0 aliphatic carbocycles. The van der Waals surface area contributed by atoms with Crippen LogP contribution in [0.2, 0.25) is 5.02 Å². The zero-order valence-electron chi connectivity index (χ0n) is 12.0. The molecule has 110 valence electrons. The normalized spacial score (nSPS) is 10.4. The predicted molar refractivity (Wildman–Crippen MR) is 84.1 cm³/mol. The fourth-order valence-electron chi connectivity index (χ4n) is 2.20. The summed E-state index contributed by atoms with van der Waals surface area (Å²) in [6, 6.07) is 10.6. The molecule has 1 aromatic heterocycles. The summed E-state index contributed by atoms with van der Waals surface area (Å²) in [6.07, 6.45) is 0. The van der Waals surface area contributed by atoms with Crippen molar-refractivity contribution in [3.05, 3.63) is 58.4 Å². The van der Waals surface area contributed by atoms with Crippen LogP contribution in [0.1, 0.15) is 28.7 Å². The average molecular weight is 305 g/mol. The van der Waals surface area contributed by atoms with Crippen LogP contribution < -0.4 is 4.90 Å². The largest absolute Gasteiger partial charge is 0.478 e. The number of hydrogen-bond acceptors (Lipinski definition) is 3. The summed E-state index contributed by atoms with van der Waals surface area (Å²) >= 11 is 6.02. The van der Waals surface area contributed by atoms with Gasteiger partial charge >= 0.3 is 5.97 Å². The lowest BCUT2D eigenvalue weighted by atomic mass is 10.1. The van der Waals surface area contributed by atoms with Gasteiger partial charge in [-0.25, -0.2) is 4.79 Å². The number of halogens is 1. The number of aromatic nitrogens is 1. The summed E-state index contributed by atoms with van der Waals surface area (Å²) in [7, 11) is 0. The van der Waals surface area contributed by atoms with Crippen molar-refractivity contribution in [2.45, 2.75) is 20.4 Å². The van der Waals surface area contributed by atoms with Gasteiger partial charge in [-0.15, -0.1) is 0 Å². The number of aryl methyl sites for hydroxylation is 1. The number of benzene rings is 1. The molecule has 1 heterocycles. The van der Waals surface area contributed by atoms with Crippen molar-refractivity contribution < 1.29 is 9.90 Å². The van der Waals surface area contributed by atoms with Gasteiger partial charge in [0.1, 0.15) is 0 Å². The number of carbonyl (C=O) groups is 1. The molecule has 2 aromatic rings. The molecule has 0 saturated heterocycles. The van der Waals surface area contributed by atoms with E-state index in [0.29, 0.717) is 23.8 Å². The number of nitrogens with zero attached hydrogens (tertiary/aromatic N) is 2. The third-order valence-corrected chi connectivity index (χ3v) is 3.45. The summed E-state index contributed by atoms with van der Waals surface area (Å²) in [6.45, 7) is 5.11. The minimum atomic E-state index is -0.961. The maximum Gasteiger partial charge on any atom is 0.337 e. The Labute approximate surface area is 129 Å². The monoisotopic (exact) mass is 304 g/mol. The van der Waals surface area contributed by atoms with E-state index in [4.69, 9.17) is 11.6 Å². The standard InChI is InChI=1S/C16H17ClN2O2/c1-3-19(10-13-6-4-5-11(2)18-13)15-9-12(17)7-8-14(15)16(20)21/h4-9H,3,10H2,1-2H3,(H,20,21). The van der Waals surface area contributed by atoms with E-state index in [-0.39, 0.29) is 5.56 Å². The first-order valence-corrected chi connectivity index (χ1v) is 7.09. The highest BCUT2D eigenvalue weighted by atomic mass is 35.5. The van der Waals surface area contributed by atoms with Gasteiger partial charge in [-0.3, -0.25) is 4.98 Å². The summed E-state index contributed by atoms with van der Waals surface area (Å²) < 4.78 is 0. The Morgan fingerprint density at radius 1 is 1.33 bits per heavy atom. The zero-order valence-corrected chi connectivity index (χ0v) is 12.8.